The van der Waals surface area contributed by atoms with E-state index < -0.39 is 10.0 Å². The number of fused-ring (bicyclic) bond motifs is 1. The molecule has 0 saturated carbocycles. The number of rotatable bonds is 5. The summed E-state index contributed by atoms with van der Waals surface area (Å²) in [6.07, 6.45) is 4.43. The number of hydrogen-bond acceptors (Lipinski definition) is 3. The molecule has 5 rings (SSSR count). The first-order chi connectivity index (χ1) is 11.6. The summed E-state index contributed by atoms with van der Waals surface area (Å²) in [6, 6.07) is 15.4. The van der Waals surface area contributed by atoms with E-state index in [0.717, 1.165) is 29.1 Å². The van der Waals surface area contributed by atoms with Gasteiger partial charge in [0.05, 0.1) is 0 Å². The van der Waals surface area contributed by atoms with Crippen molar-refractivity contribution in [1.29, 1.82) is 0 Å². The Morgan fingerprint density at radius 1 is 1.17 bits per heavy atom. The number of nitrogens with one attached hydrogen (secondary N) is 1. The summed E-state index contributed by atoms with van der Waals surface area (Å²) in [6.45, 7) is 0.359. The topological polar surface area (TPSA) is 55.4 Å². The minimum Gasteiger partial charge on any atom is -0.457 e. The fourth-order valence-electron chi connectivity index (χ4n) is 3.04. The molecule has 2 heterocycles. The van der Waals surface area contributed by atoms with Crippen LogP contribution in [-0.4, -0.2) is 15.0 Å². The quantitative estimate of drug-likeness (QED) is 0.910. The summed E-state index contributed by atoms with van der Waals surface area (Å²) in [5.74, 6) is 1.80. The molecule has 0 amide bonds. The standard InChI is InChI=1S/C19H17NO3S/c21-24(22,9-8-14-4-2-1-3-5-14)20-13-15-10-16-12-17-6-7-18(16)19(11-15)23-17/h1-9,11-12,15,20H,10,13H2. The fraction of sp³-hybridized carbons (Fsp3) is 0.158. The Balaban J connectivity index is 1.41. The van der Waals surface area contributed by atoms with Crippen molar-refractivity contribution in [2.24, 2.45) is 5.92 Å². The predicted octanol–water partition coefficient (Wildman–Crippen LogP) is 3.18. The van der Waals surface area contributed by atoms with Gasteiger partial charge < -0.3 is 4.74 Å². The number of sulfonamides is 1. The second-order valence-electron chi connectivity index (χ2n) is 6.02. The van der Waals surface area contributed by atoms with E-state index in [1.54, 1.807) is 6.08 Å². The van der Waals surface area contributed by atoms with Crippen LogP contribution < -0.4 is 9.46 Å². The molecule has 122 valence electrons. The molecule has 0 radical (unpaired) electrons. The first-order valence-electron chi connectivity index (χ1n) is 7.85. The van der Waals surface area contributed by atoms with E-state index in [1.165, 1.54) is 11.0 Å². The van der Waals surface area contributed by atoms with E-state index >= 15 is 0 Å². The van der Waals surface area contributed by atoms with E-state index in [4.69, 9.17) is 4.74 Å². The van der Waals surface area contributed by atoms with Gasteiger partial charge in [-0.15, -0.1) is 0 Å². The molecule has 5 heteroatoms. The van der Waals surface area contributed by atoms with Crippen molar-refractivity contribution in [2.75, 3.05) is 6.54 Å². The van der Waals surface area contributed by atoms with Crippen LogP contribution in [0.1, 0.15) is 16.7 Å². The summed E-state index contributed by atoms with van der Waals surface area (Å²) < 4.78 is 32.6. The van der Waals surface area contributed by atoms with Gasteiger partial charge in [-0.25, -0.2) is 13.1 Å². The van der Waals surface area contributed by atoms with Gasteiger partial charge in [0.15, 0.2) is 0 Å². The van der Waals surface area contributed by atoms with Crippen LogP contribution >= 0.6 is 0 Å². The maximum absolute atomic E-state index is 12.1. The number of benzene rings is 2. The van der Waals surface area contributed by atoms with Crippen LogP contribution in [0, 0.1) is 5.92 Å². The molecule has 4 nitrogen and oxygen atoms in total. The zero-order valence-corrected chi connectivity index (χ0v) is 13.8. The minimum absolute atomic E-state index is 0.1000. The molecule has 2 aromatic carbocycles. The highest BCUT2D eigenvalue weighted by Crippen LogP contribution is 2.38. The van der Waals surface area contributed by atoms with Gasteiger partial charge >= 0.3 is 0 Å². The highest BCUT2D eigenvalue weighted by atomic mass is 32.2. The molecule has 2 aromatic rings. The Labute approximate surface area is 141 Å². The Morgan fingerprint density at radius 2 is 2.00 bits per heavy atom. The molecule has 0 spiro atoms. The molecule has 1 unspecified atom stereocenters. The lowest BCUT2D eigenvalue weighted by molar-refractivity contribution is 0.474. The maximum atomic E-state index is 12.1. The summed E-state index contributed by atoms with van der Waals surface area (Å²) >= 11 is 0. The minimum atomic E-state index is -3.46. The third kappa shape index (κ3) is 3.13. The largest absolute Gasteiger partial charge is 0.457 e. The number of hydrogen-bond donors (Lipinski definition) is 1. The van der Waals surface area contributed by atoms with Crippen molar-refractivity contribution >= 4 is 21.9 Å². The highest BCUT2D eigenvalue weighted by Gasteiger charge is 2.26. The zero-order chi connectivity index (χ0) is 16.6. The lowest BCUT2D eigenvalue weighted by atomic mass is 9.87. The third-order valence-electron chi connectivity index (χ3n) is 4.23. The molecular formula is C19H17NO3S. The van der Waals surface area contributed by atoms with Gasteiger partial charge in [-0.05, 0) is 53.8 Å². The zero-order valence-electron chi connectivity index (χ0n) is 13.0. The van der Waals surface area contributed by atoms with Gasteiger partial charge in [0.25, 0.3) is 0 Å². The van der Waals surface area contributed by atoms with Gasteiger partial charge in [0.2, 0.25) is 10.0 Å². The van der Waals surface area contributed by atoms with Gasteiger partial charge in [-0.3, -0.25) is 0 Å². The second kappa shape index (κ2) is 5.92. The summed E-state index contributed by atoms with van der Waals surface area (Å²) in [5, 5.41) is 1.21. The van der Waals surface area contributed by atoms with Crippen LogP contribution in [0.25, 0.3) is 11.8 Å². The number of ether oxygens (including phenoxy) is 1. The summed E-state index contributed by atoms with van der Waals surface area (Å²) in [5.41, 5.74) is 3.19. The average Bonchev–Trinajstić information content (AvgIpc) is 2.59. The van der Waals surface area contributed by atoms with Crippen molar-refractivity contribution in [1.82, 2.24) is 4.72 Å². The van der Waals surface area contributed by atoms with Crippen molar-refractivity contribution < 1.29 is 13.2 Å². The van der Waals surface area contributed by atoms with E-state index in [1.807, 2.05) is 48.5 Å². The van der Waals surface area contributed by atoms with Gasteiger partial charge in [0, 0.05) is 17.5 Å². The van der Waals surface area contributed by atoms with Crippen LogP contribution in [0.15, 0.2) is 60.0 Å². The SMILES string of the molecule is O=S(=O)(C=Cc1ccccc1)NCC1C=C2Oc3ccc2c(c3)C1. The molecule has 1 aliphatic carbocycles. The lowest BCUT2D eigenvalue weighted by Crippen LogP contribution is -2.30. The smallest absolute Gasteiger partial charge is 0.233 e. The molecule has 0 fully saturated rings. The summed E-state index contributed by atoms with van der Waals surface area (Å²) in [7, 11) is -3.46. The van der Waals surface area contributed by atoms with E-state index in [9.17, 15) is 8.42 Å². The summed E-state index contributed by atoms with van der Waals surface area (Å²) in [4.78, 5) is 0. The molecule has 4 bridgehead atoms. The van der Waals surface area contributed by atoms with Crippen LogP contribution in [0.4, 0.5) is 0 Å². The normalized spacial score (nSPS) is 18.5. The molecule has 24 heavy (non-hydrogen) atoms. The van der Waals surface area contributed by atoms with Crippen molar-refractivity contribution in [3.8, 4) is 5.75 Å². The second-order valence-corrected chi connectivity index (χ2v) is 7.67. The Bertz CT molecular complexity index is 930. The predicted molar refractivity (Wildman–Crippen MR) is 94.6 cm³/mol. The van der Waals surface area contributed by atoms with Gasteiger partial charge in [-0.2, -0.15) is 0 Å². The Kier molecular flexibility index (Phi) is 3.75. The van der Waals surface area contributed by atoms with Gasteiger partial charge in [-0.1, -0.05) is 30.3 Å². The average molecular weight is 339 g/mol. The molecule has 0 aromatic heterocycles. The lowest BCUT2D eigenvalue weighted by Gasteiger charge is -2.28. The van der Waals surface area contributed by atoms with Crippen molar-refractivity contribution in [2.45, 2.75) is 6.42 Å². The molecule has 1 N–H and O–H groups in total. The highest BCUT2D eigenvalue weighted by molar-refractivity contribution is 7.92. The fourth-order valence-corrected chi connectivity index (χ4v) is 3.92. The molecule has 0 saturated heterocycles. The van der Waals surface area contributed by atoms with E-state index in [2.05, 4.69) is 10.8 Å². The monoisotopic (exact) mass is 339 g/mol. The van der Waals surface area contributed by atoms with Crippen molar-refractivity contribution in [3.05, 3.63) is 76.7 Å². The van der Waals surface area contributed by atoms with Crippen LogP contribution in [0.2, 0.25) is 0 Å². The first kappa shape index (κ1) is 15.2. The maximum Gasteiger partial charge on any atom is 0.233 e. The van der Waals surface area contributed by atoms with Crippen LogP contribution in [0.5, 0.6) is 5.75 Å². The van der Waals surface area contributed by atoms with Crippen LogP contribution in [-0.2, 0) is 16.4 Å². The molecule has 1 atom stereocenters. The Morgan fingerprint density at radius 3 is 2.75 bits per heavy atom. The van der Waals surface area contributed by atoms with Gasteiger partial charge in [0.1, 0.15) is 11.5 Å². The molecular weight excluding hydrogens is 322 g/mol. The Hall–Kier alpha value is -2.37. The van der Waals surface area contributed by atoms with E-state index in [0.29, 0.717) is 6.54 Å². The van der Waals surface area contributed by atoms with Crippen LogP contribution in [0.3, 0.4) is 0 Å². The third-order valence-corrected chi connectivity index (χ3v) is 5.29. The molecule has 3 aliphatic rings. The first-order valence-corrected chi connectivity index (χ1v) is 9.39. The van der Waals surface area contributed by atoms with Crippen molar-refractivity contribution in [3.63, 3.8) is 0 Å². The van der Waals surface area contributed by atoms with E-state index in [-0.39, 0.29) is 5.92 Å². The molecule has 2 aliphatic heterocycles.